The van der Waals surface area contributed by atoms with Crippen LogP contribution in [0.2, 0.25) is 0 Å². The normalized spacial score (nSPS) is 11.3. The summed E-state index contributed by atoms with van der Waals surface area (Å²) >= 11 is 0. The van der Waals surface area contributed by atoms with Gasteiger partial charge in [-0.1, -0.05) is 6.07 Å². The first-order valence-electron chi connectivity index (χ1n) is 5.66. The number of anilines is 1. The van der Waals surface area contributed by atoms with Crippen LogP contribution in [0.1, 0.15) is 17.6 Å². The summed E-state index contributed by atoms with van der Waals surface area (Å²) in [4.78, 5) is 4.18. The molecule has 0 aliphatic carbocycles. The van der Waals surface area contributed by atoms with Crippen molar-refractivity contribution in [2.45, 2.75) is 13.3 Å². The van der Waals surface area contributed by atoms with Gasteiger partial charge >= 0.3 is 0 Å². The maximum absolute atomic E-state index is 12.5. The van der Waals surface area contributed by atoms with E-state index >= 15 is 0 Å². The first kappa shape index (κ1) is 13.9. The number of nitrogens with zero attached hydrogens (tertiary/aromatic N) is 2. The van der Waals surface area contributed by atoms with Gasteiger partial charge in [-0.05, 0) is 38.7 Å². The summed E-state index contributed by atoms with van der Waals surface area (Å²) in [5, 5.41) is 0. The van der Waals surface area contributed by atoms with Gasteiger partial charge in [0.1, 0.15) is 0 Å². The Morgan fingerprint density at radius 3 is 2.24 bits per heavy atom. The van der Waals surface area contributed by atoms with Crippen LogP contribution in [0.15, 0.2) is 18.2 Å². The number of likely N-dealkylation sites (N-methyl/N-ethyl adjacent to an activating group) is 2. The molecule has 0 saturated carbocycles. The molecule has 0 aliphatic rings. The van der Waals surface area contributed by atoms with Gasteiger partial charge in [0.15, 0.2) is 0 Å². The fraction of sp³-hybridized carbons (Fsp3) is 0.538. The van der Waals surface area contributed by atoms with E-state index in [9.17, 15) is 8.78 Å². The van der Waals surface area contributed by atoms with Crippen LogP contribution in [0.3, 0.4) is 0 Å². The minimum absolute atomic E-state index is 0.0901. The molecule has 4 heteroatoms. The molecule has 0 bridgehead atoms. The van der Waals surface area contributed by atoms with Crippen molar-refractivity contribution in [1.82, 2.24) is 4.90 Å². The topological polar surface area (TPSA) is 6.48 Å². The van der Waals surface area contributed by atoms with E-state index in [1.54, 1.807) is 12.1 Å². The average molecular weight is 242 g/mol. The molecule has 0 heterocycles. The maximum atomic E-state index is 12.5. The smallest absolute Gasteiger partial charge is 0.263 e. The maximum Gasteiger partial charge on any atom is 0.263 e. The van der Waals surface area contributed by atoms with E-state index in [0.717, 1.165) is 24.3 Å². The number of hydrogen-bond acceptors (Lipinski definition) is 2. The van der Waals surface area contributed by atoms with Crippen molar-refractivity contribution >= 4 is 5.69 Å². The van der Waals surface area contributed by atoms with Gasteiger partial charge in [0, 0.05) is 31.4 Å². The predicted octanol–water partition coefficient (Wildman–Crippen LogP) is 2.93. The van der Waals surface area contributed by atoms with Gasteiger partial charge in [0.05, 0.1) is 0 Å². The van der Waals surface area contributed by atoms with Gasteiger partial charge < -0.3 is 9.80 Å². The largest absolute Gasteiger partial charge is 0.373 e. The number of rotatable bonds is 5. The van der Waals surface area contributed by atoms with E-state index in [0.29, 0.717) is 0 Å². The summed E-state index contributed by atoms with van der Waals surface area (Å²) in [5.41, 5.74) is 1.99. The third-order valence-corrected chi connectivity index (χ3v) is 2.77. The third-order valence-electron chi connectivity index (χ3n) is 2.77. The highest BCUT2D eigenvalue weighted by Crippen LogP contribution is 2.25. The minimum Gasteiger partial charge on any atom is -0.373 e. The zero-order chi connectivity index (χ0) is 13.0. The molecule has 1 aromatic rings. The molecule has 0 amide bonds. The quantitative estimate of drug-likeness (QED) is 0.783. The van der Waals surface area contributed by atoms with E-state index in [-0.39, 0.29) is 5.56 Å². The highest BCUT2D eigenvalue weighted by molar-refractivity contribution is 5.54. The van der Waals surface area contributed by atoms with E-state index in [4.69, 9.17) is 0 Å². The van der Waals surface area contributed by atoms with Crippen LogP contribution >= 0.6 is 0 Å². The van der Waals surface area contributed by atoms with Crippen LogP contribution in [-0.2, 0) is 0 Å². The van der Waals surface area contributed by atoms with Crippen molar-refractivity contribution in [2.75, 3.05) is 39.1 Å². The summed E-state index contributed by atoms with van der Waals surface area (Å²) < 4.78 is 25.0. The molecule has 0 spiro atoms. The zero-order valence-electron chi connectivity index (χ0n) is 10.9. The fourth-order valence-electron chi connectivity index (χ4n) is 1.71. The minimum atomic E-state index is -2.39. The van der Waals surface area contributed by atoms with Gasteiger partial charge in [0.25, 0.3) is 6.43 Å². The van der Waals surface area contributed by atoms with Crippen LogP contribution in [0, 0.1) is 6.92 Å². The fourth-order valence-corrected chi connectivity index (χ4v) is 1.71. The van der Waals surface area contributed by atoms with E-state index in [1.807, 2.05) is 28.1 Å². The highest BCUT2D eigenvalue weighted by Gasteiger charge is 2.10. The molecule has 96 valence electrons. The first-order chi connectivity index (χ1) is 7.91. The van der Waals surface area contributed by atoms with Crippen LogP contribution in [0.5, 0.6) is 0 Å². The molecule has 0 saturated heterocycles. The molecule has 2 nitrogen and oxygen atoms in total. The molecule has 0 atom stereocenters. The highest BCUT2D eigenvalue weighted by atomic mass is 19.3. The van der Waals surface area contributed by atoms with E-state index < -0.39 is 6.43 Å². The Morgan fingerprint density at radius 2 is 1.76 bits per heavy atom. The molecule has 0 unspecified atom stereocenters. The predicted molar refractivity (Wildman–Crippen MR) is 68.0 cm³/mol. The molecule has 0 N–H and O–H groups in total. The lowest BCUT2D eigenvalue weighted by Gasteiger charge is -2.23. The molecular formula is C13H20F2N2. The van der Waals surface area contributed by atoms with Crippen LogP contribution < -0.4 is 4.90 Å². The van der Waals surface area contributed by atoms with Crippen LogP contribution in [-0.4, -0.2) is 39.1 Å². The van der Waals surface area contributed by atoms with Gasteiger partial charge in [-0.3, -0.25) is 0 Å². The number of hydrogen-bond donors (Lipinski definition) is 0. The van der Waals surface area contributed by atoms with Gasteiger partial charge in [-0.25, -0.2) is 8.78 Å². The van der Waals surface area contributed by atoms with Crippen molar-refractivity contribution in [3.05, 3.63) is 29.3 Å². The van der Waals surface area contributed by atoms with E-state index in [2.05, 4.69) is 9.80 Å². The summed E-state index contributed by atoms with van der Waals surface area (Å²) in [7, 11) is 6.01. The second-order valence-corrected chi connectivity index (χ2v) is 4.57. The lowest BCUT2D eigenvalue weighted by Crippen LogP contribution is -2.28. The van der Waals surface area contributed by atoms with Crippen molar-refractivity contribution in [2.24, 2.45) is 0 Å². The molecule has 0 aromatic heterocycles. The molecular weight excluding hydrogens is 222 g/mol. The monoisotopic (exact) mass is 242 g/mol. The Bertz CT molecular complexity index is 364. The SMILES string of the molecule is Cc1cc(C(F)F)ccc1N(C)CCN(C)C. The lowest BCUT2D eigenvalue weighted by molar-refractivity contribution is 0.151. The summed E-state index contributed by atoms with van der Waals surface area (Å²) in [6, 6.07) is 4.83. The number of aryl methyl sites for hydroxylation is 1. The van der Waals surface area contributed by atoms with Gasteiger partial charge in [0.2, 0.25) is 0 Å². The third kappa shape index (κ3) is 3.97. The Morgan fingerprint density at radius 1 is 1.12 bits per heavy atom. The standard InChI is InChI=1S/C13H20F2N2/c1-10-9-11(13(14)15)5-6-12(10)17(4)8-7-16(2)3/h5-6,9,13H,7-8H2,1-4H3. The van der Waals surface area contributed by atoms with Gasteiger partial charge in [-0.15, -0.1) is 0 Å². The lowest BCUT2D eigenvalue weighted by atomic mass is 10.1. The number of halogens is 2. The molecule has 0 radical (unpaired) electrons. The van der Waals surface area contributed by atoms with Crippen LogP contribution in [0.4, 0.5) is 14.5 Å². The van der Waals surface area contributed by atoms with Crippen molar-refractivity contribution in [3.8, 4) is 0 Å². The number of alkyl halides is 2. The summed E-state index contributed by atoms with van der Waals surface area (Å²) in [6.45, 7) is 3.68. The molecule has 1 rings (SSSR count). The van der Waals surface area contributed by atoms with Crippen molar-refractivity contribution < 1.29 is 8.78 Å². The summed E-state index contributed by atoms with van der Waals surface area (Å²) in [6.07, 6.45) is -2.39. The van der Waals surface area contributed by atoms with Gasteiger partial charge in [-0.2, -0.15) is 0 Å². The Kier molecular flexibility index (Phi) is 4.87. The zero-order valence-corrected chi connectivity index (χ0v) is 10.9. The molecule has 0 fully saturated rings. The second-order valence-electron chi connectivity index (χ2n) is 4.57. The number of benzene rings is 1. The molecule has 0 aliphatic heterocycles. The first-order valence-corrected chi connectivity index (χ1v) is 5.66. The Balaban J connectivity index is 2.77. The summed E-state index contributed by atoms with van der Waals surface area (Å²) in [5.74, 6) is 0. The second kappa shape index (κ2) is 5.96. The van der Waals surface area contributed by atoms with Crippen molar-refractivity contribution in [3.63, 3.8) is 0 Å². The van der Waals surface area contributed by atoms with Crippen molar-refractivity contribution in [1.29, 1.82) is 0 Å². The average Bonchev–Trinajstić information content (AvgIpc) is 2.25. The molecule has 17 heavy (non-hydrogen) atoms. The Hall–Kier alpha value is -1.16. The van der Waals surface area contributed by atoms with E-state index in [1.165, 1.54) is 6.07 Å². The molecule has 1 aromatic carbocycles. The Labute approximate surface area is 102 Å². The van der Waals surface area contributed by atoms with Crippen LogP contribution in [0.25, 0.3) is 0 Å².